The number of rotatable bonds is 7. The lowest BCUT2D eigenvalue weighted by Crippen LogP contribution is -2.31. The maximum Gasteiger partial charge on any atom is 0.314 e. The number of hydrogen-bond donors (Lipinski definition) is 1. The van der Waals surface area contributed by atoms with Crippen molar-refractivity contribution in [1.82, 2.24) is 19.8 Å². The number of aryl methyl sites for hydroxylation is 2. The normalized spacial score (nSPS) is 16.7. The van der Waals surface area contributed by atoms with Gasteiger partial charge in [-0.2, -0.15) is 0 Å². The van der Waals surface area contributed by atoms with Crippen LogP contribution >= 0.6 is 0 Å². The molecular formula is C32H32N4O3. The number of nitrogens with one attached hydrogen (secondary N) is 1. The second-order valence-corrected chi connectivity index (χ2v) is 10.7. The molecule has 2 atom stereocenters. The van der Waals surface area contributed by atoms with Crippen LogP contribution in [0.3, 0.4) is 0 Å². The van der Waals surface area contributed by atoms with Crippen molar-refractivity contribution in [2.24, 2.45) is 13.0 Å². The predicted octanol–water partition coefficient (Wildman–Crippen LogP) is 5.19. The van der Waals surface area contributed by atoms with Gasteiger partial charge in [0.25, 0.3) is 5.91 Å². The van der Waals surface area contributed by atoms with Crippen LogP contribution in [0.15, 0.2) is 66.9 Å². The van der Waals surface area contributed by atoms with Gasteiger partial charge in [0.15, 0.2) is 0 Å². The molecule has 198 valence electrons. The van der Waals surface area contributed by atoms with Crippen molar-refractivity contribution >= 4 is 44.5 Å². The van der Waals surface area contributed by atoms with Crippen LogP contribution < -0.4 is 10.1 Å². The summed E-state index contributed by atoms with van der Waals surface area (Å²) in [5, 5.41) is 6.76. The Balaban J connectivity index is 1.36. The summed E-state index contributed by atoms with van der Waals surface area (Å²) in [7, 11) is 5.99. The third kappa shape index (κ3) is 4.53. The van der Waals surface area contributed by atoms with E-state index in [-0.39, 0.29) is 23.7 Å². The summed E-state index contributed by atoms with van der Waals surface area (Å²) in [5.41, 5.74) is 4.78. The molecule has 1 saturated carbocycles. The van der Waals surface area contributed by atoms with E-state index in [1.54, 1.807) is 6.20 Å². The van der Waals surface area contributed by atoms with E-state index in [2.05, 4.69) is 33.9 Å². The van der Waals surface area contributed by atoms with Gasteiger partial charge in [0.1, 0.15) is 11.4 Å². The first-order valence-electron chi connectivity index (χ1n) is 13.3. The summed E-state index contributed by atoms with van der Waals surface area (Å²) in [6.07, 6.45) is 2.51. The highest BCUT2D eigenvalue weighted by atomic mass is 16.5. The molecule has 2 aromatic heterocycles. The van der Waals surface area contributed by atoms with Crippen LogP contribution in [0.1, 0.15) is 34.0 Å². The van der Waals surface area contributed by atoms with Gasteiger partial charge in [0.05, 0.1) is 11.4 Å². The van der Waals surface area contributed by atoms with Crippen molar-refractivity contribution in [1.29, 1.82) is 0 Å². The molecule has 2 heterocycles. The Morgan fingerprint density at radius 1 is 1.03 bits per heavy atom. The van der Waals surface area contributed by atoms with Gasteiger partial charge in [-0.25, -0.2) is 0 Å². The number of benzene rings is 3. The summed E-state index contributed by atoms with van der Waals surface area (Å²) in [4.78, 5) is 32.5. The Morgan fingerprint density at radius 2 is 1.82 bits per heavy atom. The lowest BCUT2D eigenvalue weighted by molar-refractivity contribution is -0.135. The zero-order valence-electron chi connectivity index (χ0n) is 22.7. The Kier molecular flexibility index (Phi) is 6.31. The molecule has 39 heavy (non-hydrogen) atoms. The zero-order valence-corrected chi connectivity index (χ0v) is 22.7. The molecule has 6 rings (SSSR count). The van der Waals surface area contributed by atoms with Crippen LogP contribution in [0.5, 0.6) is 5.75 Å². The number of fused-ring (bicyclic) bond motifs is 4. The van der Waals surface area contributed by atoms with Crippen molar-refractivity contribution in [3.63, 3.8) is 0 Å². The third-order valence-corrected chi connectivity index (χ3v) is 7.85. The number of esters is 1. The molecule has 1 amide bonds. The van der Waals surface area contributed by atoms with Crippen LogP contribution in [0.4, 0.5) is 0 Å². The van der Waals surface area contributed by atoms with E-state index >= 15 is 0 Å². The molecule has 0 bridgehead atoms. The van der Waals surface area contributed by atoms with Gasteiger partial charge in [-0.05, 0) is 80.2 Å². The quantitative estimate of drug-likeness (QED) is 0.236. The second kappa shape index (κ2) is 9.82. The number of nitrogens with zero attached hydrogens (tertiary/aromatic N) is 3. The fraction of sp³-hybridized carbons (Fsp3) is 0.281. The molecular weight excluding hydrogens is 488 g/mol. The van der Waals surface area contributed by atoms with Crippen LogP contribution in [-0.4, -0.2) is 53.5 Å². The summed E-state index contributed by atoms with van der Waals surface area (Å²) < 4.78 is 8.03. The van der Waals surface area contributed by atoms with Gasteiger partial charge < -0.3 is 19.5 Å². The van der Waals surface area contributed by atoms with Crippen LogP contribution in [-0.2, 0) is 11.8 Å². The topological polar surface area (TPSA) is 76.5 Å². The maximum absolute atomic E-state index is 13.1. The molecule has 7 nitrogen and oxygen atoms in total. The monoisotopic (exact) mass is 520 g/mol. The molecule has 0 spiro atoms. The maximum atomic E-state index is 13.1. The molecule has 0 aliphatic heterocycles. The van der Waals surface area contributed by atoms with E-state index < -0.39 is 0 Å². The van der Waals surface area contributed by atoms with Crippen molar-refractivity contribution in [2.45, 2.75) is 19.3 Å². The zero-order chi connectivity index (χ0) is 27.3. The van der Waals surface area contributed by atoms with Gasteiger partial charge >= 0.3 is 5.97 Å². The summed E-state index contributed by atoms with van der Waals surface area (Å²) in [6, 6.07) is 19.9. The minimum absolute atomic E-state index is 0.110. The van der Waals surface area contributed by atoms with Crippen molar-refractivity contribution in [3.8, 4) is 5.75 Å². The molecule has 1 fully saturated rings. The molecule has 0 saturated heterocycles. The fourth-order valence-corrected chi connectivity index (χ4v) is 5.71. The summed E-state index contributed by atoms with van der Waals surface area (Å²) >= 11 is 0. The first-order chi connectivity index (χ1) is 18.8. The van der Waals surface area contributed by atoms with Crippen molar-refractivity contribution in [2.75, 3.05) is 27.2 Å². The molecule has 3 aromatic carbocycles. The number of amides is 1. The van der Waals surface area contributed by atoms with Gasteiger partial charge in [0, 0.05) is 48.0 Å². The van der Waals surface area contributed by atoms with E-state index in [0.717, 1.165) is 51.1 Å². The number of carbonyl (C=O) groups excluding carboxylic acids is 2. The van der Waals surface area contributed by atoms with Crippen LogP contribution in [0.2, 0.25) is 0 Å². The Labute approximate surface area is 227 Å². The number of aromatic nitrogens is 2. The fourth-order valence-electron chi connectivity index (χ4n) is 5.71. The molecule has 1 aliphatic rings. The molecule has 0 radical (unpaired) electrons. The molecule has 7 heteroatoms. The number of carbonyl (C=O) groups is 2. The minimum atomic E-state index is -0.189. The first kappa shape index (κ1) is 25.1. The SMILES string of the molecule is Cc1c2ccnc(C(=O)NCCN(C)C)c2cc2c3cc(OC(=O)C4C[C@@H]4c4ccccc4)ccc3n(C)c12. The van der Waals surface area contributed by atoms with E-state index in [9.17, 15) is 9.59 Å². The number of hydrogen-bond acceptors (Lipinski definition) is 5. The van der Waals surface area contributed by atoms with E-state index in [1.807, 2.05) is 74.6 Å². The molecule has 1 aliphatic carbocycles. The lowest BCUT2D eigenvalue weighted by Gasteiger charge is -2.12. The molecule has 1 unspecified atom stereocenters. The number of pyridine rings is 1. The van der Waals surface area contributed by atoms with E-state index in [1.165, 1.54) is 5.56 Å². The van der Waals surface area contributed by atoms with Crippen LogP contribution in [0.25, 0.3) is 32.6 Å². The average Bonchev–Trinajstić information content (AvgIpc) is 3.69. The second-order valence-electron chi connectivity index (χ2n) is 10.7. The Bertz CT molecular complexity index is 1740. The third-order valence-electron chi connectivity index (χ3n) is 7.85. The smallest absolute Gasteiger partial charge is 0.314 e. The number of ether oxygens (including phenoxy) is 1. The van der Waals surface area contributed by atoms with Gasteiger partial charge in [-0.15, -0.1) is 0 Å². The average molecular weight is 521 g/mol. The van der Waals surface area contributed by atoms with Crippen molar-refractivity contribution in [3.05, 3.63) is 83.7 Å². The standard InChI is InChI=1S/C32H32N4O3/c1-19-22-12-13-33-29(31(37)34-14-15-35(2)3)25(22)18-26-24-16-21(10-11-28(24)36(4)30(19)26)39-32(38)27-17-23(27)20-8-6-5-7-9-20/h5-13,16,18,23,27H,14-15,17H2,1-4H3,(H,34,37)/t23-,27?/m1/s1. The Hall–Kier alpha value is -4.23. The summed E-state index contributed by atoms with van der Waals surface area (Å²) in [6.45, 7) is 3.37. The number of likely N-dealkylation sites (N-methyl/N-ethyl adjacent to an activating group) is 1. The molecule has 1 N–H and O–H groups in total. The molecule has 5 aromatic rings. The predicted molar refractivity (Wildman–Crippen MR) is 154 cm³/mol. The van der Waals surface area contributed by atoms with Gasteiger partial charge in [-0.3, -0.25) is 14.6 Å². The Morgan fingerprint density at radius 3 is 2.59 bits per heavy atom. The van der Waals surface area contributed by atoms with Gasteiger partial charge in [0.2, 0.25) is 0 Å². The van der Waals surface area contributed by atoms with Crippen molar-refractivity contribution < 1.29 is 14.3 Å². The summed E-state index contributed by atoms with van der Waals surface area (Å²) in [5.74, 6) is 0.272. The van der Waals surface area contributed by atoms with Gasteiger partial charge in [-0.1, -0.05) is 30.3 Å². The minimum Gasteiger partial charge on any atom is -0.426 e. The highest BCUT2D eigenvalue weighted by Gasteiger charge is 2.45. The highest BCUT2D eigenvalue weighted by molar-refractivity contribution is 6.17. The first-order valence-corrected chi connectivity index (χ1v) is 13.3. The van der Waals surface area contributed by atoms with E-state index in [4.69, 9.17) is 4.74 Å². The van der Waals surface area contributed by atoms with E-state index in [0.29, 0.717) is 18.0 Å². The van der Waals surface area contributed by atoms with Crippen LogP contribution in [0, 0.1) is 12.8 Å². The lowest BCUT2D eigenvalue weighted by atomic mass is 10.00. The largest absolute Gasteiger partial charge is 0.426 e. The highest BCUT2D eigenvalue weighted by Crippen LogP contribution is 2.48.